The zero-order valence-corrected chi connectivity index (χ0v) is 14.1. The highest BCUT2D eigenvalue weighted by molar-refractivity contribution is 7.89. The summed E-state index contributed by atoms with van der Waals surface area (Å²) >= 11 is 0. The molecule has 0 atom stereocenters. The number of hydrogen-bond donors (Lipinski definition) is 2. The van der Waals surface area contributed by atoms with Gasteiger partial charge < -0.3 is 5.32 Å². The van der Waals surface area contributed by atoms with Gasteiger partial charge in [0.15, 0.2) is 11.6 Å². The summed E-state index contributed by atoms with van der Waals surface area (Å²) in [5.41, 5.74) is -0.187. The summed E-state index contributed by atoms with van der Waals surface area (Å²) < 4.78 is 66.3. The number of halogens is 3. The zero-order chi connectivity index (χ0) is 18.8. The highest BCUT2D eigenvalue weighted by Gasteiger charge is 2.22. The molecule has 2 rings (SSSR count). The van der Waals surface area contributed by atoms with E-state index in [0.717, 1.165) is 36.4 Å². The molecular weight excluding hydrogens is 357 g/mol. The Labute approximate surface area is 142 Å². The summed E-state index contributed by atoms with van der Waals surface area (Å²) in [7, 11) is -4.15. The largest absolute Gasteiger partial charge is 0.322 e. The monoisotopic (exact) mass is 372 g/mol. The molecule has 9 heteroatoms. The molecule has 1 amide bonds. The SMILES string of the molecule is CC(C)NS(=O)(=O)c1cc(C(=O)Nc2ccc(F)c(F)c2)ccc1F. The van der Waals surface area contributed by atoms with Gasteiger partial charge in [0.25, 0.3) is 5.91 Å². The molecule has 0 fully saturated rings. The van der Waals surface area contributed by atoms with Crippen LogP contribution in [-0.2, 0) is 10.0 Å². The second-order valence-corrected chi connectivity index (χ2v) is 7.19. The Hall–Kier alpha value is -2.39. The molecule has 0 unspecified atom stereocenters. The Morgan fingerprint density at radius 1 is 0.960 bits per heavy atom. The van der Waals surface area contributed by atoms with Crippen molar-refractivity contribution in [2.24, 2.45) is 0 Å². The summed E-state index contributed by atoms with van der Waals surface area (Å²) in [6.07, 6.45) is 0. The van der Waals surface area contributed by atoms with Crippen LogP contribution in [0.25, 0.3) is 0 Å². The maximum absolute atomic E-state index is 13.9. The van der Waals surface area contributed by atoms with E-state index < -0.39 is 44.3 Å². The number of rotatable bonds is 5. The normalized spacial score (nSPS) is 11.6. The third-order valence-corrected chi connectivity index (χ3v) is 4.72. The molecular formula is C16H15F3N2O3S. The molecule has 0 aliphatic rings. The molecule has 0 heterocycles. The van der Waals surface area contributed by atoms with Gasteiger partial charge in [0, 0.05) is 23.4 Å². The molecule has 2 N–H and O–H groups in total. The number of sulfonamides is 1. The van der Waals surface area contributed by atoms with E-state index in [0.29, 0.717) is 0 Å². The van der Waals surface area contributed by atoms with E-state index in [2.05, 4.69) is 10.0 Å². The molecule has 134 valence electrons. The maximum atomic E-state index is 13.9. The zero-order valence-electron chi connectivity index (χ0n) is 13.3. The first-order valence-corrected chi connectivity index (χ1v) is 8.67. The third-order valence-electron chi connectivity index (χ3n) is 3.05. The molecule has 0 aliphatic carbocycles. The van der Waals surface area contributed by atoms with Crippen molar-refractivity contribution in [1.82, 2.24) is 4.72 Å². The average Bonchev–Trinajstić information content (AvgIpc) is 2.50. The number of carbonyl (C=O) groups excluding carboxylic acids is 1. The Morgan fingerprint density at radius 3 is 2.20 bits per heavy atom. The lowest BCUT2D eigenvalue weighted by molar-refractivity contribution is 0.102. The van der Waals surface area contributed by atoms with E-state index >= 15 is 0 Å². The Kier molecular flexibility index (Phi) is 5.48. The fourth-order valence-corrected chi connectivity index (χ4v) is 3.36. The highest BCUT2D eigenvalue weighted by atomic mass is 32.2. The van der Waals surface area contributed by atoms with E-state index in [9.17, 15) is 26.4 Å². The molecule has 25 heavy (non-hydrogen) atoms. The molecule has 5 nitrogen and oxygen atoms in total. The van der Waals surface area contributed by atoms with E-state index in [4.69, 9.17) is 0 Å². The first-order valence-electron chi connectivity index (χ1n) is 7.18. The van der Waals surface area contributed by atoms with E-state index in [1.807, 2.05) is 0 Å². The average molecular weight is 372 g/mol. The van der Waals surface area contributed by atoms with Crippen molar-refractivity contribution in [3.05, 3.63) is 59.4 Å². The van der Waals surface area contributed by atoms with Crippen LogP contribution in [0, 0.1) is 17.5 Å². The quantitative estimate of drug-likeness (QED) is 0.847. The fourth-order valence-electron chi connectivity index (χ4n) is 2.00. The summed E-state index contributed by atoms with van der Waals surface area (Å²) in [5.74, 6) is -4.04. The second kappa shape index (κ2) is 7.24. The Bertz CT molecular complexity index is 915. The summed E-state index contributed by atoms with van der Waals surface area (Å²) in [6.45, 7) is 3.13. The van der Waals surface area contributed by atoms with Crippen LogP contribution in [0.15, 0.2) is 41.3 Å². The number of carbonyl (C=O) groups is 1. The van der Waals surface area contributed by atoms with Crippen molar-refractivity contribution < 1.29 is 26.4 Å². The first-order chi connectivity index (χ1) is 11.6. The molecule has 2 aromatic carbocycles. The van der Waals surface area contributed by atoms with Gasteiger partial charge in [0.1, 0.15) is 10.7 Å². The van der Waals surface area contributed by atoms with Crippen LogP contribution >= 0.6 is 0 Å². The minimum atomic E-state index is -4.15. The van der Waals surface area contributed by atoms with Crippen molar-refractivity contribution in [3.8, 4) is 0 Å². The molecule has 0 bridgehead atoms. The van der Waals surface area contributed by atoms with Crippen molar-refractivity contribution in [2.45, 2.75) is 24.8 Å². The van der Waals surface area contributed by atoms with Crippen LogP contribution in [0.4, 0.5) is 18.9 Å². The predicted molar refractivity (Wildman–Crippen MR) is 86.2 cm³/mol. The number of benzene rings is 2. The molecule has 0 aliphatic heterocycles. The lowest BCUT2D eigenvalue weighted by Crippen LogP contribution is -2.31. The van der Waals surface area contributed by atoms with E-state index in [1.54, 1.807) is 13.8 Å². The van der Waals surface area contributed by atoms with Crippen molar-refractivity contribution >= 4 is 21.6 Å². The predicted octanol–water partition coefficient (Wildman–Crippen LogP) is 3.04. The molecule has 0 saturated heterocycles. The minimum Gasteiger partial charge on any atom is -0.322 e. The van der Waals surface area contributed by atoms with Gasteiger partial charge in [-0.3, -0.25) is 4.79 Å². The van der Waals surface area contributed by atoms with E-state index in [-0.39, 0.29) is 11.3 Å². The van der Waals surface area contributed by atoms with Gasteiger partial charge in [0.2, 0.25) is 10.0 Å². The Morgan fingerprint density at radius 2 is 1.60 bits per heavy atom. The van der Waals surface area contributed by atoms with Gasteiger partial charge in [-0.2, -0.15) is 0 Å². The van der Waals surface area contributed by atoms with Crippen LogP contribution < -0.4 is 10.0 Å². The molecule has 0 aromatic heterocycles. The standard InChI is InChI=1S/C16H15F3N2O3S/c1-9(2)21-25(23,24)15-7-10(3-5-13(15)18)16(22)20-11-4-6-12(17)14(19)8-11/h3-9,21H,1-2H3,(H,20,22). The van der Waals surface area contributed by atoms with Gasteiger partial charge in [-0.25, -0.2) is 26.3 Å². The third kappa shape index (κ3) is 4.58. The lowest BCUT2D eigenvalue weighted by atomic mass is 10.2. The van der Waals surface area contributed by atoms with Crippen molar-refractivity contribution in [2.75, 3.05) is 5.32 Å². The number of hydrogen-bond acceptors (Lipinski definition) is 3. The van der Waals surface area contributed by atoms with Crippen LogP contribution in [-0.4, -0.2) is 20.4 Å². The van der Waals surface area contributed by atoms with Crippen LogP contribution in [0.3, 0.4) is 0 Å². The van der Waals surface area contributed by atoms with Gasteiger partial charge in [0.05, 0.1) is 0 Å². The topological polar surface area (TPSA) is 75.3 Å². The Balaban J connectivity index is 2.32. The van der Waals surface area contributed by atoms with Crippen LogP contribution in [0.1, 0.15) is 24.2 Å². The number of amides is 1. The molecule has 0 spiro atoms. The molecule has 0 saturated carbocycles. The highest BCUT2D eigenvalue weighted by Crippen LogP contribution is 2.19. The van der Waals surface area contributed by atoms with E-state index in [1.165, 1.54) is 0 Å². The molecule has 2 aromatic rings. The lowest BCUT2D eigenvalue weighted by Gasteiger charge is -2.12. The first kappa shape index (κ1) is 18.9. The van der Waals surface area contributed by atoms with Crippen LogP contribution in [0.2, 0.25) is 0 Å². The van der Waals surface area contributed by atoms with Gasteiger partial charge in [-0.15, -0.1) is 0 Å². The van der Waals surface area contributed by atoms with Crippen LogP contribution in [0.5, 0.6) is 0 Å². The second-order valence-electron chi connectivity index (χ2n) is 5.50. The number of nitrogens with one attached hydrogen (secondary N) is 2. The minimum absolute atomic E-state index is 0.0297. The van der Waals surface area contributed by atoms with Gasteiger partial charge >= 0.3 is 0 Å². The number of anilines is 1. The smallest absolute Gasteiger partial charge is 0.255 e. The van der Waals surface area contributed by atoms with Gasteiger partial charge in [-0.05, 0) is 44.2 Å². The molecule has 0 radical (unpaired) electrons. The van der Waals surface area contributed by atoms with Crippen molar-refractivity contribution in [1.29, 1.82) is 0 Å². The maximum Gasteiger partial charge on any atom is 0.255 e. The fraction of sp³-hybridized carbons (Fsp3) is 0.188. The summed E-state index contributed by atoms with van der Waals surface area (Å²) in [5, 5.41) is 2.28. The van der Waals surface area contributed by atoms with Crippen molar-refractivity contribution in [3.63, 3.8) is 0 Å². The van der Waals surface area contributed by atoms with Gasteiger partial charge in [-0.1, -0.05) is 0 Å². The summed E-state index contributed by atoms with van der Waals surface area (Å²) in [4.78, 5) is 11.5. The summed E-state index contributed by atoms with van der Waals surface area (Å²) in [6, 6.07) is 5.07.